The lowest BCUT2D eigenvalue weighted by atomic mass is 9.43. The maximum Gasteiger partial charge on any atom is 0.331 e. The minimum atomic E-state index is -1.58. The number of likely N-dealkylation sites (tertiary alicyclic amines) is 1. The fourth-order valence-corrected chi connectivity index (χ4v) is 11.7. The van der Waals surface area contributed by atoms with E-state index in [2.05, 4.69) is 18.7 Å². The molecule has 7 rings (SSSR count). The highest BCUT2D eigenvalue weighted by molar-refractivity contribution is 5.87. The molecule has 0 unspecified atom stereocenters. The smallest absolute Gasteiger partial charge is 0.331 e. The lowest BCUT2D eigenvalue weighted by Gasteiger charge is -2.69. The van der Waals surface area contributed by atoms with Gasteiger partial charge in [0.1, 0.15) is 17.3 Å². The van der Waals surface area contributed by atoms with Gasteiger partial charge < -0.3 is 29.2 Å². The van der Waals surface area contributed by atoms with Gasteiger partial charge in [0, 0.05) is 63.5 Å². The highest BCUT2D eigenvalue weighted by Crippen LogP contribution is 2.80. The molecule has 1 spiro atoms. The van der Waals surface area contributed by atoms with Crippen LogP contribution in [-0.4, -0.2) is 97.2 Å². The van der Waals surface area contributed by atoms with Gasteiger partial charge >= 0.3 is 5.97 Å². The van der Waals surface area contributed by atoms with E-state index in [9.17, 15) is 15.0 Å². The van der Waals surface area contributed by atoms with E-state index in [1.807, 2.05) is 30.3 Å². The number of hydrogen-bond acceptors (Lipinski definition) is 8. The predicted molar refractivity (Wildman–Crippen MR) is 152 cm³/mol. The summed E-state index contributed by atoms with van der Waals surface area (Å²) in [4.78, 5) is 15.7. The fourth-order valence-electron chi connectivity index (χ4n) is 11.7. The van der Waals surface area contributed by atoms with Crippen LogP contribution in [-0.2, 0) is 23.7 Å². The molecule has 1 aromatic carbocycles. The molecular weight excluding hydrogens is 522 g/mol. The zero-order chi connectivity index (χ0) is 28.9. The third-order valence-corrected chi connectivity index (χ3v) is 12.7. The number of methoxy groups -OCH3 is 3. The van der Waals surface area contributed by atoms with Crippen LogP contribution in [0.15, 0.2) is 36.4 Å². The number of likely N-dealkylation sites (N-methyl/N-ethyl adjacent to an activating group) is 1. The monoisotopic (exact) mass is 567 g/mol. The quantitative estimate of drug-likeness (QED) is 0.384. The number of carbonyl (C=O) groups is 1. The minimum absolute atomic E-state index is 0.00481. The number of ether oxygens (including phenoxy) is 4. The van der Waals surface area contributed by atoms with E-state index in [0.717, 1.165) is 37.9 Å². The number of rotatable bonds is 7. The third kappa shape index (κ3) is 3.24. The molecule has 8 heteroatoms. The zero-order valence-corrected chi connectivity index (χ0v) is 24.9. The van der Waals surface area contributed by atoms with Crippen LogP contribution in [0.25, 0.3) is 6.08 Å². The van der Waals surface area contributed by atoms with Crippen molar-refractivity contribution in [2.45, 2.75) is 81.2 Å². The molecule has 224 valence electrons. The summed E-state index contributed by atoms with van der Waals surface area (Å²) in [5.41, 5.74) is -2.80. The maximum absolute atomic E-state index is 13.3. The van der Waals surface area contributed by atoms with Crippen LogP contribution in [0.5, 0.6) is 0 Å². The molecule has 0 aromatic heterocycles. The molecular formula is C33H45NO7. The number of aliphatic hydroxyl groups is 2. The van der Waals surface area contributed by atoms with Crippen molar-refractivity contribution in [1.82, 2.24) is 4.90 Å². The SMILES string of the molecule is CCN1C[C@]2(C)CC[C@H](OC)[C@@]34[C@@H]5C[C@H]6[C@H](OC(=O)/C=C/c7ccccc7)[C@@H]5[C@](O)(C[C@@H]6OC)[C@@](O)([C@@H](OC)[C@H]23)[C@@H]14. The molecule has 6 fully saturated rings. The van der Waals surface area contributed by atoms with Crippen molar-refractivity contribution in [3.8, 4) is 0 Å². The van der Waals surface area contributed by atoms with Gasteiger partial charge in [-0.25, -0.2) is 4.79 Å². The van der Waals surface area contributed by atoms with Crippen molar-refractivity contribution in [3.05, 3.63) is 42.0 Å². The first kappa shape index (κ1) is 28.0. The topological polar surface area (TPSA) is 97.7 Å². The Morgan fingerprint density at radius 3 is 2.54 bits per heavy atom. The Hall–Kier alpha value is -1.81. The largest absolute Gasteiger partial charge is 0.458 e. The highest BCUT2D eigenvalue weighted by atomic mass is 16.6. The van der Waals surface area contributed by atoms with Crippen LogP contribution in [0, 0.1) is 34.5 Å². The number of hydrogen-bond donors (Lipinski definition) is 2. The summed E-state index contributed by atoms with van der Waals surface area (Å²) in [6.07, 6.45) is 4.50. The number of fused-ring (bicyclic) bond motifs is 2. The Balaban J connectivity index is 1.38. The number of nitrogens with zero attached hydrogens (tertiary/aromatic N) is 1. The molecule has 41 heavy (non-hydrogen) atoms. The Morgan fingerprint density at radius 2 is 1.88 bits per heavy atom. The molecule has 1 aromatic rings. The van der Waals surface area contributed by atoms with E-state index in [1.165, 1.54) is 6.08 Å². The average Bonchev–Trinajstić information content (AvgIpc) is 3.37. The van der Waals surface area contributed by atoms with Crippen LogP contribution in [0.2, 0.25) is 0 Å². The molecule has 5 aliphatic carbocycles. The van der Waals surface area contributed by atoms with Gasteiger partial charge in [-0.15, -0.1) is 0 Å². The van der Waals surface area contributed by atoms with E-state index in [1.54, 1.807) is 27.4 Å². The maximum atomic E-state index is 13.3. The Labute approximate surface area is 243 Å². The van der Waals surface area contributed by atoms with Crippen molar-refractivity contribution in [1.29, 1.82) is 0 Å². The van der Waals surface area contributed by atoms with Crippen molar-refractivity contribution >= 4 is 12.0 Å². The second-order valence-corrected chi connectivity index (χ2v) is 13.9. The molecule has 1 saturated heterocycles. The van der Waals surface area contributed by atoms with Crippen LogP contribution < -0.4 is 0 Å². The van der Waals surface area contributed by atoms with E-state index in [4.69, 9.17) is 18.9 Å². The summed E-state index contributed by atoms with van der Waals surface area (Å²) in [6, 6.07) is 9.32. The highest BCUT2D eigenvalue weighted by Gasteiger charge is 2.91. The minimum Gasteiger partial charge on any atom is -0.458 e. The third-order valence-electron chi connectivity index (χ3n) is 12.7. The Bertz CT molecular complexity index is 1230. The van der Waals surface area contributed by atoms with Gasteiger partial charge in [-0.05, 0) is 48.8 Å². The van der Waals surface area contributed by atoms with Crippen LogP contribution in [0.4, 0.5) is 0 Å². The molecule has 13 atom stereocenters. The first-order valence-corrected chi connectivity index (χ1v) is 15.4. The molecule has 7 bridgehead atoms. The van der Waals surface area contributed by atoms with Crippen LogP contribution in [0.3, 0.4) is 0 Å². The fraction of sp³-hybridized carbons (Fsp3) is 0.727. The molecule has 2 N–H and O–H groups in total. The van der Waals surface area contributed by atoms with E-state index < -0.39 is 40.7 Å². The van der Waals surface area contributed by atoms with E-state index >= 15 is 0 Å². The molecule has 8 nitrogen and oxygen atoms in total. The lowest BCUT2D eigenvalue weighted by molar-refractivity contribution is -0.317. The molecule has 1 aliphatic heterocycles. The lowest BCUT2D eigenvalue weighted by Crippen LogP contribution is -2.81. The first-order valence-electron chi connectivity index (χ1n) is 15.4. The number of carbonyl (C=O) groups excluding carboxylic acids is 1. The normalized spacial score (nSPS) is 51.2. The number of piperidine rings is 1. The zero-order valence-electron chi connectivity index (χ0n) is 24.9. The van der Waals surface area contributed by atoms with Gasteiger partial charge in [-0.2, -0.15) is 0 Å². The van der Waals surface area contributed by atoms with Gasteiger partial charge in [-0.3, -0.25) is 4.90 Å². The molecule has 6 aliphatic rings. The van der Waals surface area contributed by atoms with Crippen LogP contribution in [0.1, 0.15) is 45.1 Å². The van der Waals surface area contributed by atoms with Gasteiger partial charge in [0.05, 0.1) is 24.4 Å². The summed E-state index contributed by atoms with van der Waals surface area (Å²) in [5.74, 6) is -0.993. The molecule has 5 saturated carbocycles. The summed E-state index contributed by atoms with van der Waals surface area (Å²) >= 11 is 0. The molecule has 1 heterocycles. The summed E-state index contributed by atoms with van der Waals surface area (Å²) in [7, 11) is 5.13. The second-order valence-electron chi connectivity index (χ2n) is 13.9. The first-order chi connectivity index (χ1) is 19.6. The summed E-state index contributed by atoms with van der Waals surface area (Å²) in [6.45, 7) is 6.10. The van der Waals surface area contributed by atoms with Gasteiger partial charge in [0.2, 0.25) is 0 Å². The summed E-state index contributed by atoms with van der Waals surface area (Å²) < 4.78 is 25.0. The second kappa shape index (κ2) is 9.34. The van der Waals surface area contributed by atoms with Crippen molar-refractivity contribution in [2.75, 3.05) is 34.4 Å². The Morgan fingerprint density at radius 1 is 1.12 bits per heavy atom. The Kier molecular flexibility index (Phi) is 6.38. The molecule has 0 radical (unpaired) electrons. The molecule has 0 amide bonds. The standard InChI is InChI=1S/C33H45NO7/c1-6-34-18-30(2)15-14-23(39-4)32-21-16-20-22(38-3)17-31(36,33(37,29(32)34)28(40-5)27(30)32)25(21)26(20)41-24(35)13-12-19-10-8-7-9-11-19/h7-13,20-23,25-29,36-37H,6,14-18H2,1-5H3/b13-12+/t20-,21-,22+,23+,25-,26+,27-,28+,29+,30+,31-,32+,33-/m1/s1. The van der Waals surface area contributed by atoms with Crippen molar-refractivity contribution < 1.29 is 34.0 Å². The van der Waals surface area contributed by atoms with E-state index in [-0.39, 0.29) is 47.8 Å². The average molecular weight is 568 g/mol. The predicted octanol–water partition coefficient (Wildman–Crippen LogP) is 2.91. The summed E-state index contributed by atoms with van der Waals surface area (Å²) in [5, 5.41) is 26.3. The van der Waals surface area contributed by atoms with E-state index in [0.29, 0.717) is 0 Å². The number of esters is 1. The van der Waals surface area contributed by atoms with Gasteiger partial charge in [-0.1, -0.05) is 44.2 Å². The number of benzene rings is 1. The van der Waals surface area contributed by atoms with Crippen molar-refractivity contribution in [2.24, 2.45) is 34.5 Å². The van der Waals surface area contributed by atoms with Crippen LogP contribution >= 0.6 is 0 Å². The van der Waals surface area contributed by atoms with Gasteiger partial charge in [0.15, 0.2) is 0 Å². The van der Waals surface area contributed by atoms with Gasteiger partial charge in [0.25, 0.3) is 0 Å². The van der Waals surface area contributed by atoms with Crippen molar-refractivity contribution in [3.63, 3.8) is 0 Å².